The van der Waals surface area contributed by atoms with Crippen molar-refractivity contribution in [3.8, 4) is 0 Å². The van der Waals surface area contributed by atoms with Gasteiger partial charge in [-0.25, -0.2) is 0 Å². The topological polar surface area (TPSA) is 53.5 Å². The van der Waals surface area contributed by atoms with Crippen molar-refractivity contribution in [2.75, 3.05) is 26.2 Å². The molecule has 5 heteroatoms. The van der Waals surface area contributed by atoms with Gasteiger partial charge in [-0.1, -0.05) is 36.4 Å². The molecule has 0 N–H and O–H groups in total. The van der Waals surface area contributed by atoms with Crippen LogP contribution in [0.3, 0.4) is 0 Å². The molecular formula is C22H25N3O2. The lowest BCUT2D eigenvalue weighted by molar-refractivity contribution is -0.136. The lowest BCUT2D eigenvalue weighted by atomic mass is 9.85. The van der Waals surface area contributed by atoms with Crippen LogP contribution in [0, 0.1) is 5.41 Å². The first kappa shape index (κ1) is 17.7. The zero-order chi connectivity index (χ0) is 18.7. The Hall–Kier alpha value is -2.69. The van der Waals surface area contributed by atoms with Crippen molar-refractivity contribution in [3.63, 3.8) is 0 Å². The summed E-state index contributed by atoms with van der Waals surface area (Å²) in [5.74, 6) is 0.325. The van der Waals surface area contributed by atoms with E-state index < -0.39 is 0 Å². The average Bonchev–Trinajstić information content (AvgIpc) is 3.27. The zero-order valence-electron chi connectivity index (χ0n) is 15.5. The number of benzene rings is 1. The van der Waals surface area contributed by atoms with Crippen molar-refractivity contribution in [2.24, 2.45) is 5.41 Å². The summed E-state index contributed by atoms with van der Waals surface area (Å²) in [4.78, 5) is 33.6. The molecule has 2 aliphatic rings. The van der Waals surface area contributed by atoms with Crippen molar-refractivity contribution in [1.82, 2.24) is 14.8 Å². The SMILES string of the molecule is O=C(Cc1cccnc1)N1CCC2(CCN(CCc3ccccc3)C2=O)C1. The zero-order valence-corrected chi connectivity index (χ0v) is 15.5. The lowest BCUT2D eigenvalue weighted by Gasteiger charge is -2.24. The van der Waals surface area contributed by atoms with Crippen LogP contribution in [0.15, 0.2) is 54.9 Å². The molecule has 2 aromatic rings. The van der Waals surface area contributed by atoms with Crippen LogP contribution in [-0.4, -0.2) is 52.8 Å². The fraction of sp³-hybridized carbons (Fsp3) is 0.409. The molecule has 2 fully saturated rings. The van der Waals surface area contributed by atoms with Gasteiger partial charge < -0.3 is 9.80 Å². The van der Waals surface area contributed by atoms with Gasteiger partial charge in [0.1, 0.15) is 0 Å². The summed E-state index contributed by atoms with van der Waals surface area (Å²) >= 11 is 0. The molecular weight excluding hydrogens is 338 g/mol. The van der Waals surface area contributed by atoms with E-state index in [-0.39, 0.29) is 17.2 Å². The third-order valence-corrected chi connectivity index (χ3v) is 5.90. The second-order valence-electron chi connectivity index (χ2n) is 7.66. The maximum Gasteiger partial charge on any atom is 0.230 e. The monoisotopic (exact) mass is 363 g/mol. The average molecular weight is 363 g/mol. The van der Waals surface area contributed by atoms with Crippen LogP contribution < -0.4 is 0 Å². The van der Waals surface area contributed by atoms with Gasteiger partial charge in [-0.3, -0.25) is 14.6 Å². The molecule has 1 spiro atoms. The fourth-order valence-corrected chi connectivity index (χ4v) is 4.27. The summed E-state index contributed by atoms with van der Waals surface area (Å²) in [6.45, 7) is 2.80. The molecule has 0 radical (unpaired) electrons. The normalized spacial score (nSPS) is 22.0. The quantitative estimate of drug-likeness (QED) is 0.819. The van der Waals surface area contributed by atoms with Gasteiger partial charge in [0.2, 0.25) is 11.8 Å². The van der Waals surface area contributed by atoms with Crippen molar-refractivity contribution < 1.29 is 9.59 Å². The maximum atomic E-state index is 13.1. The van der Waals surface area contributed by atoms with Crippen LogP contribution >= 0.6 is 0 Å². The Labute approximate surface area is 160 Å². The Morgan fingerprint density at radius 2 is 1.81 bits per heavy atom. The van der Waals surface area contributed by atoms with Gasteiger partial charge in [0.25, 0.3) is 0 Å². The fourth-order valence-electron chi connectivity index (χ4n) is 4.27. The number of carbonyl (C=O) groups excluding carboxylic acids is 2. The third-order valence-electron chi connectivity index (χ3n) is 5.90. The first-order chi connectivity index (χ1) is 13.2. The van der Waals surface area contributed by atoms with Crippen LogP contribution in [0.5, 0.6) is 0 Å². The summed E-state index contributed by atoms with van der Waals surface area (Å²) in [5.41, 5.74) is 1.82. The van der Waals surface area contributed by atoms with Gasteiger partial charge in [-0.05, 0) is 36.5 Å². The van der Waals surface area contributed by atoms with E-state index in [1.54, 1.807) is 12.4 Å². The maximum absolute atomic E-state index is 13.1. The molecule has 1 atom stereocenters. The van der Waals surface area contributed by atoms with Crippen molar-refractivity contribution >= 4 is 11.8 Å². The van der Waals surface area contributed by atoms with Crippen LogP contribution in [0.4, 0.5) is 0 Å². The van der Waals surface area contributed by atoms with Crippen LogP contribution in [0.1, 0.15) is 24.0 Å². The molecule has 3 heterocycles. The van der Waals surface area contributed by atoms with Gasteiger partial charge in [0.15, 0.2) is 0 Å². The number of amides is 2. The molecule has 1 aromatic heterocycles. The Morgan fingerprint density at radius 3 is 2.59 bits per heavy atom. The minimum Gasteiger partial charge on any atom is -0.342 e. The highest BCUT2D eigenvalue weighted by Crippen LogP contribution is 2.40. The lowest BCUT2D eigenvalue weighted by Crippen LogP contribution is -2.39. The molecule has 1 aromatic carbocycles. The van der Waals surface area contributed by atoms with E-state index in [0.717, 1.165) is 37.9 Å². The summed E-state index contributed by atoms with van der Waals surface area (Å²) in [5, 5.41) is 0. The summed E-state index contributed by atoms with van der Waals surface area (Å²) in [7, 11) is 0. The molecule has 0 saturated carbocycles. The minimum absolute atomic E-state index is 0.0930. The predicted octanol–water partition coefficient (Wildman–Crippen LogP) is 2.32. The van der Waals surface area contributed by atoms with Gasteiger partial charge in [0.05, 0.1) is 11.8 Å². The van der Waals surface area contributed by atoms with Crippen LogP contribution in [-0.2, 0) is 22.4 Å². The predicted molar refractivity (Wildman–Crippen MR) is 103 cm³/mol. The number of likely N-dealkylation sites (tertiary alicyclic amines) is 2. The highest BCUT2D eigenvalue weighted by atomic mass is 16.2. The van der Waals surface area contributed by atoms with E-state index in [2.05, 4.69) is 17.1 Å². The second-order valence-corrected chi connectivity index (χ2v) is 7.66. The van der Waals surface area contributed by atoms with Crippen molar-refractivity contribution in [3.05, 3.63) is 66.0 Å². The van der Waals surface area contributed by atoms with Crippen LogP contribution in [0.2, 0.25) is 0 Å². The van der Waals surface area contributed by atoms with E-state index in [1.165, 1.54) is 5.56 Å². The summed E-state index contributed by atoms with van der Waals surface area (Å²) in [6.07, 6.45) is 6.32. The largest absolute Gasteiger partial charge is 0.342 e. The molecule has 0 bridgehead atoms. The van der Waals surface area contributed by atoms with Crippen molar-refractivity contribution in [2.45, 2.75) is 25.7 Å². The van der Waals surface area contributed by atoms with Gasteiger partial charge in [0, 0.05) is 38.6 Å². The van der Waals surface area contributed by atoms with Gasteiger partial charge >= 0.3 is 0 Å². The number of rotatable bonds is 5. The van der Waals surface area contributed by atoms with E-state index in [4.69, 9.17) is 0 Å². The number of pyridine rings is 1. The first-order valence-electron chi connectivity index (χ1n) is 9.66. The first-order valence-corrected chi connectivity index (χ1v) is 9.66. The smallest absolute Gasteiger partial charge is 0.230 e. The number of hydrogen-bond donors (Lipinski definition) is 0. The third kappa shape index (κ3) is 3.72. The molecule has 140 valence electrons. The summed E-state index contributed by atoms with van der Waals surface area (Å²) < 4.78 is 0. The molecule has 4 rings (SSSR count). The Balaban J connectivity index is 1.34. The number of hydrogen-bond acceptors (Lipinski definition) is 3. The minimum atomic E-state index is -0.360. The molecule has 2 aliphatic heterocycles. The molecule has 2 amide bonds. The van der Waals surface area contributed by atoms with Crippen molar-refractivity contribution in [1.29, 1.82) is 0 Å². The van der Waals surface area contributed by atoms with E-state index in [9.17, 15) is 9.59 Å². The molecule has 0 aliphatic carbocycles. The second kappa shape index (κ2) is 7.51. The Morgan fingerprint density at radius 1 is 1.04 bits per heavy atom. The Bertz CT molecular complexity index is 809. The van der Waals surface area contributed by atoms with E-state index in [1.807, 2.05) is 40.1 Å². The van der Waals surface area contributed by atoms with Crippen LogP contribution in [0.25, 0.3) is 0 Å². The standard InChI is InChI=1S/C22H25N3O2/c26-20(15-19-7-4-11-23-16-19)25-14-10-22(17-25)9-13-24(21(22)27)12-8-18-5-2-1-3-6-18/h1-7,11,16H,8-10,12-15,17H2. The highest BCUT2D eigenvalue weighted by Gasteiger charge is 2.51. The molecule has 2 saturated heterocycles. The molecule has 5 nitrogen and oxygen atoms in total. The number of carbonyl (C=O) groups is 2. The highest BCUT2D eigenvalue weighted by molar-refractivity contribution is 5.87. The van der Waals surface area contributed by atoms with Gasteiger partial charge in [-0.2, -0.15) is 0 Å². The number of aromatic nitrogens is 1. The summed E-state index contributed by atoms with van der Waals surface area (Å²) in [6, 6.07) is 14.0. The molecule has 27 heavy (non-hydrogen) atoms. The van der Waals surface area contributed by atoms with Gasteiger partial charge in [-0.15, -0.1) is 0 Å². The number of nitrogens with zero attached hydrogens (tertiary/aromatic N) is 3. The van der Waals surface area contributed by atoms with E-state index in [0.29, 0.717) is 19.5 Å². The molecule has 1 unspecified atom stereocenters. The van der Waals surface area contributed by atoms with E-state index >= 15 is 0 Å². The Kier molecular flexibility index (Phi) is 4.92.